The number of ether oxygens (including phenoxy) is 3. The Labute approximate surface area is 170 Å². The van der Waals surface area contributed by atoms with Crippen molar-refractivity contribution in [3.63, 3.8) is 0 Å². The summed E-state index contributed by atoms with van der Waals surface area (Å²) in [5.74, 6) is 1.02. The van der Waals surface area contributed by atoms with Crippen molar-refractivity contribution >= 4 is 17.5 Å². The summed E-state index contributed by atoms with van der Waals surface area (Å²) >= 11 is 0. The predicted molar refractivity (Wildman–Crippen MR) is 110 cm³/mol. The first-order valence-electron chi connectivity index (χ1n) is 9.44. The minimum absolute atomic E-state index is 0.0554. The second kappa shape index (κ2) is 8.86. The van der Waals surface area contributed by atoms with Gasteiger partial charge in [-0.05, 0) is 37.6 Å². The van der Waals surface area contributed by atoms with E-state index in [1.807, 2.05) is 31.2 Å². The average molecular weight is 398 g/mol. The van der Waals surface area contributed by atoms with E-state index >= 15 is 0 Å². The van der Waals surface area contributed by atoms with Gasteiger partial charge in [-0.3, -0.25) is 14.5 Å². The van der Waals surface area contributed by atoms with Crippen LogP contribution in [0.25, 0.3) is 0 Å². The van der Waals surface area contributed by atoms with Crippen LogP contribution in [0.5, 0.6) is 17.2 Å². The first kappa shape index (κ1) is 20.5. The summed E-state index contributed by atoms with van der Waals surface area (Å²) in [7, 11) is 4.53. The molecular weight excluding hydrogens is 372 g/mol. The number of carbonyl (C=O) groups is 2. The fourth-order valence-electron chi connectivity index (χ4n) is 3.37. The van der Waals surface area contributed by atoms with E-state index in [9.17, 15) is 9.59 Å². The molecule has 7 nitrogen and oxygen atoms in total. The molecule has 0 N–H and O–H groups in total. The van der Waals surface area contributed by atoms with Gasteiger partial charge in [-0.15, -0.1) is 0 Å². The fourth-order valence-corrected chi connectivity index (χ4v) is 3.37. The van der Waals surface area contributed by atoms with Crippen LogP contribution in [0.3, 0.4) is 0 Å². The second-order valence-electron chi connectivity index (χ2n) is 6.88. The maximum atomic E-state index is 13.5. The average Bonchev–Trinajstić information content (AvgIpc) is 3.15. The Morgan fingerprint density at radius 1 is 1.03 bits per heavy atom. The monoisotopic (exact) mass is 398 g/mol. The van der Waals surface area contributed by atoms with Crippen LogP contribution in [-0.4, -0.2) is 51.3 Å². The van der Waals surface area contributed by atoms with Gasteiger partial charge in [-0.1, -0.05) is 17.7 Å². The lowest BCUT2D eigenvalue weighted by Crippen LogP contribution is -2.42. The van der Waals surface area contributed by atoms with Crippen LogP contribution >= 0.6 is 0 Å². The summed E-state index contributed by atoms with van der Waals surface area (Å²) in [4.78, 5) is 29.0. The molecule has 2 aromatic rings. The van der Waals surface area contributed by atoms with Crippen molar-refractivity contribution in [2.45, 2.75) is 19.8 Å². The molecule has 1 fully saturated rings. The summed E-state index contributed by atoms with van der Waals surface area (Å²) in [5.41, 5.74) is 2.19. The van der Waals surface area contributed by atoms with E-state index in [-0.39, 0.29) is 18.5 Å². The fraction of sp³-hybridized carbons (Fsp3) is 0.364. The molecule has 29 heavy (non-hydrogen) atoms. The third kappa shape index (κ3) is 4.29. The number of methoxy groups -OCH3 is 3. The highest BCUT2D eigenvalue weighted by molar-refractivity contribution is 6.07. The minimum Gasteiger partial charge on any atom is -0.493 e. The molecule has 0 saturated carbocycles. The SMILES string of the molecule is COc1cc(C(=O)N(CN2CCCC2=O)c2ccc(C)cc2)cc(OC)c1OC. The number of carbonyl (C=O) groups excluding carboxylic acids is 2. The Bertz CT molecular complexity index is 870. The molecule has 1 heterocycles. The zero-order valence-corrected chi connectivity index (χ0v) is 17.2. The van der Waals surface area contributed by atoms with Gasteiger partial charge in [0.05, 0.1) is 21.3 Å². The molecule has 0 atom stereocenters. The third-order valence-corrected chi connectivity index (χ3v) is 4.99. The number of rotatable bonds is 7. The van der Waals surface area contributed by atoms with E-state index in [0.29, 0.717) is 41.5 Å². The first-order chi connectivity index (χ1) is 14.0. The van der Waals surface area contributed by atoms with Gasteiger partial charge >= 0.3 is 0 Å². The van der Waals surface area contributed by atoms with Crippen molar-refractivity contribution in [3.05, 3.63) is 47.5 Å². The van der Waals surface area contributed by atoms with Gasteiger partial charge in [0.1, 0.15) is 6.67 Å². The number of benzene rings is 2. The molecule has 7 heteroatoms. The summed E-state index contributed by atoms with van der Waals surface area (Å²) in [6.45, 7) is 2.82. The van der Waals surface area contributed by atoms with Gasteiger partial charge in [0.2, 0.25) is 11.7 Å². The van der Waals surface area contributed by atoms with Crippen LogP contribution in [0.15, 0.2) is 36.4 Å². The molecule has 1 saturated heterocycles. The van der Waals surface area contributed by atoms with Gasteiger partial charge in [0.25, 0.3) is 5.91 Å². The molecule has 154 valence electrons. The highest BCUT2D eigenvalue weighted by Gasteiger charge is 2.27. The van der Waals surface area contributed by atoms with Crippen molar-refractivity contribution in [1.82, 2.24) is 4.90 Å². The number of hydrogen-bond acceptors (Lipinski definition) is 5. The maximum absolute atomic E-state index is 13.5. The summed E-state index contributed by atoms with van der Waals surface area (Å²) in [6.07, 6.45) is 1.32. The first-order valence-corrected chi connectivity index (χ1v) is 9.44. The number of likely N-dealkylation sites (tertiary alicyclic amines) is 1. The molecule has 3 rings (SSSR count). The Hall–Kier alpha value is -3.22. The zero-order chi connectivity index (χ0) is 21.0. The van der Waals surface area contributed by atoms with Gasteiger partial charge in [0.15, 0.2) is 11.5 Å². The topological polar surface area (TPSA) is 68.3 Å². The Morgan fingerprint density at radius 2 is 1.66 bits per heavy atom. The van der Waals surface area contributed by atoms with E-state index in [1.54, 1.807) is 21.9 Å². The van der Waals surface area contributed by atoms with Crippen LogP contribution in [0, 0.1) is 6.92 Å². The van der Waals surface area contributed by atoms with E-state index in [1.165, 1.54) is 21.3 Å². The van der Waals surface area contributed by atoms with Gasteiger partial charge in [0, 0.05) is 24.2 Å². The molecule has 2 aromatic carbocycles. The maximum Gasteiger partial charge on any atom is 0.260 e. The smallest absolute Gasteiger partial charge is 0.260 e. The zero-order valence-electron chi connectivity index (χ0n) is 17.2. The summed E-state index contributed by atoms with van der Waals surface area (Å²) in [5, 5.41) is 0. The van der Waals surface area contributed by atoms with Crippen molar-refractivity contribution < 1.29 is 23.8 Å². The molecule has 0 bridgehead atoms. The molecular formula is C22H26N2O5. The second-order valence-corrected chi connectivity index (χ2v) is 6.88. The molecule has 0 unspecified atom stereocenters. The highest BCUT2D eigenvalue weighted by Crippen LogP contribution is 2.38. The van der Waals surface area contributed by atoms with Crippen LogP contribution in [0.1, 0.15) is 28.8 Å². The van der Waals surface area contributed by atoms with E-state index in [0.717, 1.165) is 12.0 Å². The van der Waals surface area contributed by atoms with Crippen LogP contribution in [-0.2, 0) is 4.79 Å². The standard InChI is InChI=1S/C22H26N2O5/c1-15-7-9-17(10-8-15)24(14-23-11-5-6-20(23)25)22(26)16-12-18(27-2)21(29-4)19(13-16)28-3/h7-10,12-13H,5-6,11,14H2,1-4H3. The highest BCUT2D eigenvalue weighted by atomic mass is 16.5. The van der Waals surface area contributed by atoms with Gasteiger partial charge in [-0.25, -0.2) is 0 Å². The van der Waals surface area contributed by atoms with Crippen molar-refractivity contribution in [2.75, 3.05) is 39.4 Å². The number of amides is 2. The van der Waals surface area contributed by atoms with Crippen LogP contribution < -0.4 is 19.1 Å². The van der Waals surface area contributed by atoms with Crippen LogP contribution in [0.4, 0.5) is 5.69 Å². The lowest BCUT2D eigenvalue weighted by molar-refractivity contribution is -0.127. The Morgan fingerprint density at radius 3 is 2.14 bits per heavy atom. The molecule has 0 aromatic heterocycles. The van der Waals surface area contributed by atoms with E-state index in [2.05, 4.69) is 0 Å². The predicted octanol–water partition coefficient (Wildman–Crippen LogP) is 3.25. The molecule has 0 spiro atoms. The number of anilines is 1. The van der Waals surface area contributed by atoms with Crippen molar-refractivity contribution in [2.24, 2.45) is 0 Å². The number of aryl methyl sites for hydroxylation is 1. The summed E-state index contributed by atoms with van der Waals surface area (Å²) < 4.78 is 16.1. The molecule has 0 aliphatic carbocycles. The lowest BCUT2D eigenvalue weighted by Gasteiger charge is -2.28. The Kier molecular flexibility index (Phi) is 6.26. The minimum atomic E-state index is -0.257. The van der Waals surface area contributed by atoms with E-state index < -0.39 is 0 Å². The quantitative estimate of drug-likeness (QED) is 0.716. The van der Waals surface area contributed by atoms with Crippen molar-refractivity contribution in [1.29, 1.82) is 0 Å². The largest absolute Gasteiger partial charge is 0.493 e. The lowest BCUT2D eigenvalue weighted by atomic mass is 10.1. The summed E-state index contributed by atoms with van der Waals surface area (Å²) in [6, 6.07) is 10.9. The molecule has 2 amide bonds. The van der Waals surface area contributed by atoms with Crippen LogP contribution in [0.2, 0.25) is 0 Å². The van der Waals surface area contributed by atoms with Gasteiger partial charge < -0.3 is 19.1 Å². The Balaban J connectivity index is 2.01. The number of hydrogen-bond donors (Lipinski definition) is 0. The third-order valence-electron chi connectivity index (χ3n) is 4.99. The normalized spacial score (nSPS) is 13.4. The number of nitrogens with zero attached hydrogens (tertiary/aromatic N) is 2. The molecule has 0 radical (unpaired) electrons. The van der Waals surface area contributed by atoms with E-state index in [4.69, 9.17) is 14.2 Å². The molecule has 1 aliphatic heterocycles. The van der Waals surface area contributed by atoms with Crippen molar-refractivity contribution in [3.8, 4) is 17.2 Å². The van der Waals surface area contributed by atoms with Gasteiger partial charge in [-0.2, -0.15) is 0 Å². The molecule has 1 aliphatic rings.